The van der Waals surface area contributed by atoms with Crippen molar-refractivity contribution >= 4 is 22.4 Å². The maximum atomic E-state index is 13.1. The van der Waals surface area contributed by atoms with Gasteiger partial charge in [-0.25, -0.2) is 0 Å². The van der Waals surface area contributed by atoms with Crippen LogP contribution < -0.4 is 5.32 Å². The van der Waals surface area contributed by atoms with E-state index < -0.39 is 0 Å². The number of rotatable bonds is 7. The molecule has 0 aliphatic rings. The van der Waals surface area contributed by atoms with Gasteiger partial charge in [0.15, 0.2) is 0 Å². The lowest BCUT2D eigenvalue weighted by Crippen LogP contribution is -2.12. The Morgan fingerprint density at radius 3 is 2.57 bits per heavy atom. The summed E-state index contributed by atoms with van der Waals surface area (Å²) in [6.07, 6.45) is 3.65. The van der Waals surface area contributed by atoms with Crippen LogP contribution >= 0.6 is 11.3 Å². The second kappa shape index (κ2) is 9.00. The predicted octanol–water partition coefficient (Wildman–Crippen LogP) is 4.96. The molecule has 7 heteroatoms. The Hall–Kier alpha value is -3.32. The van der Waals surface area contributed by atoms with Crippen molar-refractivity contribution in [3.63, 3.8) is 0 Å². The molecule has 2 aromatic heterocycles. The standard InChI is InChI=1S/C23H23N5OS/c1-3-7-20-25-26-23(30-20)24-22(29)19-15-28(14-17-8-5-4-6-9-17)27-21(19)18-12-10-16(2)11-13-18/h4-6,8-13,15H,3,7,14H2,1-2H3,(H,24,26,29). The van der Waals surface area contributed by atoms with E-state index >= 15 is 0 Å². The average Bonchev–Trinajstić information content (AvgIpc) is 3.37. The number of benzene rings is 2. The lowest BCUT2D eigenvalue weighted by Gasteiger charge is -2.03. The summed E-state index contributed by atoms with van der Waals surface area (Å²) in [5.41, 5.74) is 4.35. The molecule has 0 atom stereocenters. The minimum Gasteiger partial charge on any atom is -0.296 e. The summed E-state index contributed by atoms with van der Waals surface area (Å²) >= 11 is 1.41. The molecule has 0 aliphatic carbocycles. The van der Waals surface area contributed by atoms with Crippen molar-refractivity contribution in [3.8, 4) is 11.3 Å². The molecule has 2 aromatic carbocycles. The fraction of sp³-hybridized carbons (Fsp3) is 0.217. The molecule has 1 amide bonds. The fourth-order valence-corrected chi connectivity index (χ4v) is 3.98. The average molecular weight is 418 g/mol. The number of hydrogen-bond donors (Lipinski definition) is 1. The Balaban J connectivity index is 1.65. The molecule has 152 valence electrons. The van der Waals surface area contributed by atoms with Gasteiger partial charge in [-0.15, -0.1) is 10.2 Å². The number of carbonyl (C=O) groups excluding carboxylic acids is 1. The van der Waals surface area contributed by atoms with Gasteiger partial charge in [-0.1, -0.05) is 78.4 Å². The van der Waals surface area contributed by atoms with Crippen LogP contribution in [0.25, 0.3) is 11.3 Å². The van der Waals surface area contributed by atoms with E-state index in [4.69, 9.17) is 5.10 Å². The van der Waals surface area contributed by atoms with E-state index in [1.807, 2.05) is 66.2 Å². The summed E-state index contributed by atoms with van der Waals surface area (Å²) in [7, 11) is 0. The van der Waals surface area contributed by atoms with Crippen LogP contribution in [0.2, 0.25) is 0 Å². The van der Waals surface area contributed by atoms with E-state index in [1.54, 1.807) is 6.20 Å². The Morgan fingerprint density at radius 2 is 1.83 bits per heavy atom. The first-order valence-electron chi connectivity index (χ1n) is 9.94. The molecule has 0 unspecified atom stereocenters. The Bertz CT molecular complexity index is 1130. The molecule has 0 radical (unpaired) electrons. The van der Waals surface area contributed by atoms with Crippen LogP contribution in [0.4, 0.5) is 5.13 Å². The van der Waals surface area contributed by atoms with Gasteiger partial charge in [0, 0.05) is 18.2 Å². The number of aryl methyl sites for hydroxylation is 2. The zero-order valence-electron chi connectivity index (χ0n) is 17.0. The molecule has 4 aromatic rings. The zero-order chi connectivity index (χ0) is 20.9. The van der Waals surface area contributed by atoms with Crippen LogP contribution in [0.5, 0.6) is 0 Å². The number of hydrogen-bond acceptors (Lipinski definition) is 5. The lowest BCUT2D eigenvalue weighted by atomic mass is 10.1. The molecular weight excluding hydrogens is 394 g/mol. The van der Waals surface area contributed by atoms with Crippen molar-refractivity contribution in [3.05, 3.63) is 82.5 Å². The second-order valence-corrected chi connectivity index (χ2v) is 8.21. The first-order chi connectivity index (χ1) is 14.6. The lowest BCUT2D eigenvalue weighted by molar-refractivity contribution is 0.102. The third-order valence-corrected chi connectivity index (χ3v) is 5.57. The van der Waals surface area contributed by atoms with Gasteiger partial charge in [0.1, 0.15) is 10.7 Å². The number of anilines is 1. The topological polar surface area (TPSA) is 72.7 Å². The zero-order valence-corrected chi connectivity index (χ0v) is 17.8. The van der Waals surface area contributed by atoms with E-state index in [1.165, 1.54) is 11.3 Å². The molecule has 0 bridgehead atoms. The van der Waals surface area contributed by atoms with Crippen molar-refractivity contribution in [2.24, 2.45) is 0 Å². The van der Waals surface area contributed by atoms with Crippen molar-refractivity contribution in [1.29, 1.82) is 0 Å². The van der Waals surface area contributed by atoms with Crippen LogP contribution in [-0.2, 0) is 13.0 Å². The molecule has 0 fully saturated rings. The molecule has 6 nitrogen and oxygen atoms in total. The van der Waals surface area contributed by atoms with Gasteiger partial charge in [0.2, 0.25) is 5.13 Å². The molecule has 2 heterocycles. The Kier molecular flexibility index (Phi) is 5.99. The van der Waals surface area contributed by atoms with E-state index in [2.05, 4.69) is 22.4 Å². The quantitative estimate of drug-likeness (QED) is 0.461. The number of nitrogens with zero attached hydrogens (tertiary/aromatic N) is 4. The largest absolute Gasteiger partial charge is 0.296 e. The number of carbonyl (C=O) groups is 1. The molecule has 0 saturated heterocycles. The Labute approximate surface area is 179 Å². The summed E-state index contributed by atoms with van der Waals surface area (Å²) in [6.45, 7) is 4.72. The van der Waals surface area contributed by atoms with Crippen molar-refractivity contribution in [2.75, 3.05) is 5.32 Å². The maximum absolute atomic E-state index is 13.1. The summed E-state index contributed by atoms with van der Waals surface area (Å²) in [5, 5.41) is 17.3. The molecule has 4 rings (SSSR count). The first kappa shape index (κ1) is 20.0. The maximum Gasteiger partial charge on any atom is 0.261 e. The van der Waals surface area contributed by atoms with Crippen LogP contribution in [0.1, 0.15) is 39.8 Å². The second-order valence-electron chi connectivity index (χ2n) is 7.15. The van der Waals surface area contributed by atoms with Gasteiger partial charge in [-0.2, -0.15) is 5.10 Å². The van der Waals surface area contributed by atoms with Crippen molar-refractivity contribution in [1.82, 2.24) is 20.0 Å². The summed E-state index contributed by atoms with van der Waals surface area (Å²) in [4.78, 5) is 13.1. The van der Waals surface area contributed by atoms with E-state index in [0.717, 1.165) is 34.5 Å². The number of amides is 1. The monoisotopic (exact) mass is 417 g/mol. The summed E-state index contributed by atoms with van der Waals surface area (Å²) in [5.74, 6) is -0.232. The van der Waals surface area contributed by atoms with Crippen LogP contribution in [0.3, 0.4) is 0 Å². The fourth-order valence-electron chi connectivity index (χ4n) is 3.15. The van der Waals surface area contributed by atoms with Gasteiger partial charge in [0.25, 0.3) is 5.91 Å². The smallest absolute Gasteiger partial charge is 0.261 e. The minimum atomic E-state index is -0.232. The van der Waals surface area contributed by atoms with E-state index in [0.29, 0.717) is 22.9 Å². The normalized spacial score (nSPS) is 10.9. The van der Waals surface area contributed by atoms with E-state index in [-0.39, 0.29) is 5.91 Å². The van der Waals surface area contributed by atoms with Gasteiger partial charge in [-0.3, -0.25) is 14.8 Å². The van der Waals surface area contributed by atoms with Crippen molar-refractivity contribution in [2.45, 2.75) is 33.2 Å². The molecule has 0 spiro atoms. The highest BCUT2D eigenvalue weighted by atomic mass is 32.1. The highest BCUT2D eigenvalue weighted by Gasteiger charge is 2.19. The molecular formula is C23H23N5OS. The van der Waals surface area contributed by atoms with Gasteiger partial charge in [-0.05, 0) is 18.9 Å². The number of nitrogens with one attached hydrogen (secondary N) is 1. The van der Waals surface area contributed by atoms with Crippen LogP contribution in [-0.4, -0.2) is 25.9 Å². The molecule has 0 aliphatic heterocycles. The van der Waals surface area contributed by atoms with Gasteiger partial charge in [0.05, 0.1) is 12.1 Å². The van der Waals surface area contributed by atoms with Crippen LogP contribution in [0.15, 0.2) is 60.8 Å². The highest BCUT2D eigenvalue weighted by Crippen LogP contribution is 2.25. The summed E-state index contributed by atoms with van der Waals surface area (Å²) < 4.78 is 1.81. The van der Waals surface area contributed by atoms with Crippen LogP contribution in [0, 0.1) is 6.92 Å². The Morgan fingerprint density at radius 1 is 1.07 bits per heavy atom. The minimum absolute atomic E-state index is 0.232. The van der Waals surface area contributed by atoms with Gasteiger partial charge >= 0.3 is 0 Å². The van der Waals surface area contributed by atoms with Gasteiger partial charge < -0.3 is 0 Å². The highest BCUT2D eigenvalue weighted by molar-refractivity contribution is 7.15. The molecule has 1 N–H and O–H groups in total. The third-order valence-electron chi connectivity index (χ3n) is 4.67. The first-order valence-corrected chi connectivity index (χ1v) is 10.8. The predicted molar refractivity (Wildman–Crippen MR) is 120 cm³/mol. The summed E-state index contributed by atoms with van der Waals surface area (Å²) in [6, 6.07) is 18.1. The molecule has 0 saturated carbocycles. The van der Waals surface area contributed by atoms with Crippen molar-refractivity contribution < 1.29 is 4.79 Å². The SMILES string of the molecule is CCCc1nnc(NC(=O)c2cn(Cc3ccccc3)nc2-c2ccc(C)cc2)s1. The third kappa shape index (κ3) is 4.63. The number of aromatic nitrogens is 4. The molecule has 30 heavy (non-hydrogen) atoms. The van der Waals surface area contributed by atoms with E-state index in [9.17, 15) is 4.79 Å².